The number of carbonyl (C=O) groups is 1. The topological polar surface area (TPSA) is 35.5 Å². The quantitative estimate of drug-likeness (QED) is 0.569. The lowest BCUT2D eigenvalue weighted by Gasteiger charge is -2.11. The highest BCUT2D eigenvalue weighted by atomic mass is 79.9. The molecule has 4 heteroatoms. The average molecular weight is 327 g/mol. The van der Waals surface area contributed by atoms with Crippen molar-refractivity contribution in [1.29, 1.82) is 0 Å². The zero-order valence-electron chi connectivity index (χ0n) is 11.5. The lowest BCUT2D eigenvalue weighted by molar-refractivity contribution is -0.134. The highest BCUT2D eigenvalue weighted by molar-refractivity contribution is 9.11. The number of unbranched alkanes of at least 4 members (excludes halogenated alkanes) is 1. The summed E-state index contributed by atoms with van der Waals surface area (Å²) < 4.78 is 11.4. The number of rotatable bonds is 6. The highest BCUT2D eigenvalue weighted by Gasteiger charge is 2.11. The van der Waals surface area contributed by atoms with Gasteiger partial charge in [-0.15, -0.1) is 0 Å². The van der Waals surface area contributed by atoms with Crippen LogP contribution >= 0.6 is 15.9 Å². The number of allylic oxidation sites excluding steroid dienone is 1. The molecule has 1 aromatic carbocycles. The fraction of sp³-hybridized carbons (Fsp3) is 0.400. The summed E-state index contributed by atoms with van der Waals surface area (Å²) in [6.07, 6.45) is 2.98. The molecule has 0 saturated heterocycles. The zero-order valence-corrected chi connectivity index (χ0v) is 13.1. The van der Waals surface area contributed by atoms with Gasteiger partial charge in [0, 0.05) is 17.0 Å². The summed E-state index contributed by atoms with van der Waals surface area (Å²) in [5.74, 6) is 1.04. The van der Waals surface area contributed by atoms with Gasteiger partial charge < -0.3 is 9.47 Å². The predicted molar refractivity (Wildman–Crippen MR) is 80.1 cm³/mol. The van der Waals surface area contributed by atoms with Gasteiger partial charge in [-0.25, -0.2) is 0 Å². The van der Waals surface area contributed by atoms with E-state index in [2.05, 4.69) is 22.9 Å². The largest absolute Gasteiger partial charge is 0.497 e. The predicted octanol–water partition coefficient (Wildman–Crippen LogP) is 4.51. The van der Waals surface area contributed by atoms with E-state index in [9.17, 15) is 4.79 Å². The van der Waals surface area contributed by atoms with Gasteiger partial charge in [0.2, 0.25) is 0 Å². The summed E-state index contributed by atoms with van der Waals surface area (Å²) in [4.78, 5) is 11.2. The fourth-order valence-electron chi connectivity index (χ4n) is 1.60. The summed E-state index contributed by atoms with van der Waals surface area (Å²) in [6, 6.07) is 7.45. The van der Waals surface area contributed by atoms with Crippen LogP contribution in [0.2, 0.25) is 0 Å². The molecule has 0 aliphatic heterocycles. The molecule has 0 amide bonds. The Hall–Kier alpha value is -1.29. The van der Waals surface area contributed by atoms with Crippen molar-refractivity contribution in [2.24, 2.45) is 0 Å². The third-order valence-corrected chi connectivity index (χ3v) is 3.35. The SMILES string of the molecule is CCCC/C(Br)=C(\OC(C)=O)c1ccc(OC)cc1. The standard InChI is InChI=1S/C15H19BrO3/c1-4-5-6-14(16)15(19-11(2)17)12-7-9-13(18-3)10-8-12/h7-10H,4-6H2,1-3H3/b15-14+. The summed E-state index contributed by atoms with van der Waals surface area (Å²) >= 11 is 3.52. The van der Waals surface area contributed by atoms with Crippen molar-refractivity contribution in [2.75, 3.05) is 7.11 Å². The molecule has 0 spiro atoms. The Kier molecular flexibility index (Phi) is 6.64. The van der Waals surface area contributed by atoms with Crippen molar-refractivity contribution >= 4 is 27.7 Å². The van der Waals surface area contributed by atoms with Crippen LogP contribution in [0.25, 0.3) is 5.76 Å². The molecule has 0 radical (unpaired) electrons. The summed E-state index contributed by atoms with van der Waals surface area (Å²) in [5.41, 5.74) is 0.860. The van der Waals surface area contributed by atoms with Crippen molar-refractivity contribution in [2.45, 2.75) is 33.1 Å². The molecular formula is C15H19BrO3. The molecule has 0 saturated carbocycles. The number of carbonyl (C=O) groups excluding carboxylic acids is 1. The number of benzene rings is 1. The maximum atomic E-state index is 11.2. The van der Waals surface area contributed by atoms with Crippen LogP contribution in [0.4, 0.5) is 0 Å². The van der Waals surface area contributed by atoms with Crippen LogP contribution in [0.3, 0.4) is 0 Å². The number of esters is 1. The Balaban J connectivity index is 3.04. The average Bonchev–Trinajstić information content (AvgIpc) is 2.42. The van der Waals surface area contributed by atoms with Crippen LogP contribution in [-0.2, 0) is 9.53 Å². The first kappa shape index (κ1) is 15.8. The van der Waals surface area contributed by atoms with Crippen molar-refractivity contribution in [3.8, 4) is 5.75 Å². The van der Waals surface area contributed by atoms with Crippen molar-refractivity contribution in [1.82, 2.24) is 0 Å². The lowest BCUT2D eigenvalue weighted by atomic mass is 10.1. The van der Waals surface area contributed by atoms with Crippen LogP contribution in [0.15, 0.2) is 28.7 Å². The molecule has 0 aliphatic carbocycles. The van der Waals surface area contributed by atoms with Gasteiger partial charge in [0.1, 0.15) is 11.5 Å². The number of hydrogen-bond donors (Lipinski definition) is 0. The molecule has 1 rings (SSSR count). The number of hydrogen-bond acceptors (Lipinski definition) is 3. The Morgan fingerprint density at radius 3 is 2.37 bits per heavy atom. The van der Waals surface area contributed by atoms with Crippen LogP contribution < -0.4 is 4.74 Å². The minimum atomic E-state index is -0.320. The van der Waals surface area contributed by atoms with Crippen molar-refractivity contribution in [3.05, 3.63) is 34.3 Å². The van der Waals surface area contributed by atoms with E-state index in [4.69, 9.17) is 9.47 Å². The van der Waals surface area contributed by atoms with Crippen molar-refractivity contribution in [3.63, 3.8) is 0 Å². The molecule has 0 atom stereocenters. The van der Waals surface area contributed by atoms with Gasteiger partial charge in [0.25, 0.3) is 0 Å². The molecule has 0 aromatic heterocycles. The van der Waals surface area contributed by atoms with Crippen LogP contribution in [0.1, 0.15) is 38.7 Å². The molecule has 0 fully saturated rings. The molecule has 0 unspecified atom stereocenters. The first-order valence-corrected chi connectivity index (χ1v) is 7.09. The van der Waals surface area contributed by atoms with E-state index in [0.29, 0.717) is 5.76 Å². The second-order valence-electron chi connectivity index (χ2n) is 4.16. The summed E-state index contributed by atoms with van der Waals surface area (Å²) in [5, 5.41) is 0. The molecule has 0 bridgehead atoms. The third kappa shape index (κ3) is 5.07. The van der Waals surface area contributed by atoms with E-state index in [-0.39, 0.29) is 5.97 Å². The zero-order chi connectivity index (χ0) is 14.3. The molecular weight excluding hydrogens is 308 g/mol. The third-order valence-electron chi connectivity index (χ3n) is 2.59. The second kappa shape index (κ2) is 8.00. The van der Waals surface area contributed by atoms with E-state index >= 15 is 0 Å². The lowest BCUT2D eigenvalue weighted by Crippen LogP contribution is -2.00. The van der Waals surface area contributed by atoms with Gasteiger partial charge in [-0.1, -0.05) is 29.3 Å². The minimum Gasteiger partial charge on any atom is -0.497 e. The van der Waals surface area contributed by atoms with Gasteiger partial charge >= 0.3 is 5.97 Å². The van der Waals surface area contributed by atoms with Gasteiger partial charge in [-0.2, -0.15) is 0 Å². The molecule has 3 nitrogen and oxygen atoms in total. The van der Waals surface area contributed by atoms with E-state index in [1.54, 1.807) is 7.11 Å². The Bertz CT molecular complexity index is 449. The molecule has 0 aliphatic rings. The number of ether oxygens (including phenoxy) is 2. The van der Waals surface area contributed by atoms with Gasteiger partial charge in [0.15, 0.2) is 0 Å². The van der Waals surface area contributed by atoms with E-state index in [0.717, 1.165) is 35.1 Å². The Morgan fingerprint density at radius 1 is 1.26 bits per heavy atom. The Labute approximate surface area is 122 Å². The minimum absolute atomic E-state index is 0.320. The monoisotopic (exact) mass is 326 g/mol. The van der Waals surface area contributed by atoms with E-state index < -0.39 is 0 Å². The van der Waals surface area contributed by atoms with Gasteiger partial charge in [-0.3, -0.25) is 4.79 Å². The molecule has 1 aromatic rings. The second-order valence-corrected chi connectivity index (χ2v) is 5.12. The number of methoxy groups -OCH3 is 1. The normalized spacial score (nSPS) is 11.8. The van der Waals surface area contributed by atoms with E-state index in [1.807, 2.05) is 24.3 Å². The first-order valence-electron chi connectivity index (χ1n) is 6.30. The fourth-order valence-corrected chi connectivity index (χ4v) is 2.19. The molecule has 0 heterocycles. The van der Waals surface area contributed by atoms with Gasteiger partial charge in [-0.05, 0) is 37.1 Å². The van der Waals surface area contributed by atoms with Crippen molar-refractivity contribution < 1.29 is 14.3 Å². The van der Waals surface area contributed by atoms with Crippen LogP contribution in [-0.4, -0.2) is 13.1 Å². The maximum absolute atomic E-state index is 11.2. The molecule has 0 N–H and O–H groups in total. The highest BCUT2D eigenvalue weighted by Crippen LogP contribution is 2.29. The Morgan fingerprint density at radius 2 is 1.89 bits per heavy atom. The maximum Gasteiger partial charge on any atom is 0.308 e. The van der Waals surface area contributed by atoms with Crippen LogP contribution in [0.5, 0.6) is 5.75 Å². The molecule has 19 heavy (non-hydrogen) atoms. The first-order chi connectivity index (χ1) is 9.08. The van der Waals surface area contributed by atoms with Crippen LogP contribution in [0, 0.1) is 0 Å². The number of halogens is 1. The molecule has 104 valence electrons. The summed E-state index contributed by atoms with van der Waals surface area (Å²) in [7, 11) is 1.62. The van der Waals surface area contributed by atoms with Gasteiger partial charge in [0.05, 0.1) is 7.11 Å². The van der Waals surface area contributed by atoms with E-state index in [1.165, 1.54) is 6.92 Å². The smallest absolute Gasteiger partial charge is 0.308 e. The summed E-state index contributed by atoms with van der Waals surface area (Å²) in [6.45, 7) is 3.53.